The van der Waals surface area contributed by atoms with Crippen LogP contribution in [0, 0.1) is 0 Å². The fourth-order valence-corrected chi connectivity index (χ4v) is 3.21. The van der Waals surface area contributed by atoms with Crippen LogP contribution in [0.1, 0.15) is 30.1 Å². The van der Waals surface area contributed by atoms with Gasteiger partial charge in [0.1, 0.15) is 0 Å². The minimum Gasteiger partial charge on any atom is -0.352 e. The van der Waals surface area contributed by atoms with E-state index in [2.05, 4.69) is 16.0 Å². The number of benzene rings is 1. The van der Waals surface area contributed by atoms with Gasteiger partial charge in [-0.05, 0) is 24.6 Å². The first-order valence-electron chi connectivity index (χ1n) is 7.68. The molecule has 2 rings (SSSR count). The number of rotatable bonds is 6. The van der Waals surface area contributed by atoms with Gasteiger partial charge >= 0.3 is 0 Å². The van der Waals surface area contributed by atoms with Crippen molar-refractivity contribution in [3.05, 3.63) is 29.8 Å². The third kappa shape index (κ3) is 5.35. The highest BCUT2D eigenvalue weighted by Gasteiger charge is 2.17. The van der Waals surface area contributed by atoms with E-state index in [-0.39, 0.29) is 17.9 Å². The Hall–Kier alpha value is -1.53. The van der Waals surface area contributed by atoms with E-state index in [1.807, 2.05) is 18.7 Å². The van der Waals surface area contributed by atoms with E-state index in [1.165, 1.54) is 0 Å². The highest BCUT2D eigenvalue weighted by Crippen LogP contribution is 2.14. The first kappa shape index (κ1) is 16.8. The summed E-state index contributed by atoms with van der Waals surface area (Å²) in [4.78, 5) is 24.0. The predicted molar refractivity (Wildman–Crippen MR) is 91.4 cm³/mol. The van der Waals surface area contributed by atoms with Crippen LogP contribution in [-0.4, -0.2) is 42.5 Å². The quantitative estimate of drug-likeness (QED) is 0.748. The van der Waals surface area contributed by atoms with Gasteiger partial charge in [-0.3, -0.25) is 9.59 Å². The maximum Gasteiger partial charge on any atom is 0.251 e. The molecule has 1 fully saturated rings. The second kappa shape index (κ2) is 8.80. The average Bonchev–Trinajstić information content (AvgIpc) is 2.53. The van der Waals surface area contributed by atoms with Gasteiger partial charge in [0.05, 0.1) is 0 Å². The average molecular weight is 321 g/mol. The molecular formula is C16H23N3O2S. The van der Waals surface area contributed by atoms with Gasteiger partial charge in [0.2, 0.25) is 5.91 Å². The Labute approximate surface area is 135 Å². The minimum absolute atomic E-state index is 0.0221. The number of thioether (sulfide) groups is 1. The molecule has 0 spiro atoms. The molecule has 0 aromatic heterocycles. The summed E-state index contributed by atoms with van der Waals surface area (Å²) in [7, 11) is 0. The first-order valence-corrected chi connectivity index (χ1v) is 8.83. The molecule has 22 heavy (non-hydrogen) atoms. The molecule has 6 heteroatoms. The van der Waals surface area contributed by atoms with Crippen molar-refractivity contribution in [1.29, 1.82) is 0 Å². The Morgan fingerprint density at radius 2 is 2.27 bits per heavy atom. The van der Waals surface area contributed by atoms with E-state index in [9.17, 15) is 9.59 Å². The number of amides is 2. The summed E-state index contributed by atoms with van der Waals surface area (Å²) in [5.41, 5.74) is 1.23. The number of hydrogen-bond acceptors (Lipinski definition) is 4. The summed E-state index contributed by atoms with van der Waals surface area (Å²) in [6, 6.07) is 7.28. The Kier molecular flexibility index (Phi) is 6.74. The van der Waals surface area contributed by atoms with Gasteiger partial charge in [0, 0.05) is 48.3 Å². The summed E-state index contributed by atoms with van der Waals surface area (Å²) in [5.74, 6) is 1.94. The van der Waals surface area contributed by atoms with Crippen molar-refractivity contribution in [2.75, 3.05) is 29.9 Å². The Morgan fingerprint density at radius 1 is 1.41 bits per heavy atom. The summed E-state index contributed by atoms with van der Waals surface area (Å²) in [5, 5.41) is 9.05. The zero-order valence-electron chi connectivity index (χ0n) is 12.9. The molecule has 0 aliphatic carbocycles. The molecule has 1 atom stereocenters. The maximum absolute atomic E-state index is 12.1. The Morgan fingerprint density at radius 3 is 3.00 bits per heavy atom. The van der Waals surface area contributed by atoms with E-state index >= 15 is 0 Å². The van der Waals surface area contributed by atoms with Gasteiger partial charge in [-0.1, -0.05) is 13.0 Å². The highest BCUT2D eigenvalue weighted by molar-refractivity contribution is 7.99. The van der Waals surface area contributed by atoms with Crippen molar-refractivity contribution in [2.24, 2.45) is 0 Å². The molecule has 1 aromatic carbocycles. The molecule has 1 aliphatic rings. The van der Waals surface area contributed by atoms with Crippen molar-refractivity contribution in [2.45, 2.75) is 25.8 Å². The summed E-state index contributed by atoms with van der Waals surface area (Å²) in [6.07, 6.45) is 1.35. The van der Waals surface area contributed by atoms with Crippen LogP contribution in [0.5, 0.6) is 0 Å². The Bertz CT molecular complexity index is 516. The number of carbonyl (C=O) groups is 2. The number of carbonyl (C=O) groups excluding carboxylic acids is 2. The van der Waals surface area contributed by atoms with Crippen molar-refractivity contribution in [3.63, 3.8) is 0 Å². The fourth-order valence-electron chi connectivity index (χ4n) is 2.27. The van der Waals surface area contributed by atoms with E-state index in [1.54, 1.807) is 24.3 Å². The van der Waals surface area contributed by atoms with Crippen LogP contribution in [0.4, 0.5) is 5.69 Å². The number of anilines is 1. The lowest BCUT2D eigenvalue weighted by molar-refractivity contribution is -0.116. The molecule has 1 aliphatic heterocycles. The smallest absolute Gasteiger partial charge is 0.251 e. The summed E-state index contributed by atoms with van der Waals surface area (Å²) < 4.78 is 0. The molecule has 1 unspecified atom stereocenters. The molecule has 120 valence electrons. The molecule has 0 saturated carbocycles. The molecule has 0 radical (unpaired) electrons. The fraction of sp³-hybridized carbons (Fsp3) is 0.500. The molecule has 0 bridgehead atoms. The molecule has 5 nitrogen and oxygen atoms in total. The van der Waals surface area contributed by atoms with Gasteiger partial charge in [-0.25, -0.2) is 0 Å². The van der Waals surface area contributed by atoms with Crippen molar-refractivity contribution in [3.8, 4) is 0 Å². The number of nitrogens with one attached hydrogen (secondary N) is 3. The van der Waals surface area contributed by atoms with Gasteiger partial charge in [-0.15, -0.1) is 0 Å². The maximum atomic E-state index is 12.1. The SMILES string of the molecule is CCCNC(=O)c1cccc(NC(=O)CC2CSCCN2)c1. The zero-order valence-corrected chi connectivity index (χ0v) is 13.7. The summed E-state index contributed by atoms with van der Waals surface area (Å²) in [6.45, 7) is 3.62. The molecule has 1 aromatic rings. The normalized spacial score (nSPS) is 17.8. The van der Waals surface area contributed by atoms with Crippen LogP contribution in [0.25, 0.3) is 0 Å². The van der Waals surface area contributed by atoms with Crippen LogP contribution >= 0.6 is 11.8 Å². The van der Waals surface area contributed by atoms with Gasteiger partial charge in [-0.2, -0.15) is 11.8 Å². The van der Waals surface area contributed by atoms with Crippen molar-refractivity contribution >= 4 is 29.3 Å². The Balaban J connectivity index is 1.88. The molecule has 1 saturated heterocycles. The largest absolute Gasteiger partial charge is 0.352 e. The van der Waals surface area contributed by atoms with Gasteiger partial charge in [0.25, 0.3) is 5.91 Å². The van der Waals surface area contributed by atoms with Crippen LogP contribution < -0.4 is 16.0 Å². The minimum atomic E-state index is -0.108. The van der Waals surface area contributed by atoms with Crippen LogP contribution in [0.2, 0.25) is 0 Å². The van der Waals surface area contributed by atoms with Crippen molar-refractivity contribution in [1.82, 2.24) is 10.6 Å². The van der Waals surface area contributed by atoms with Gasteiger partial charge < -0.3 is 16.0 Å². The second-order valence-electron chi connectivity index (χ2n) is 5.31. The molecule has 1 heterocycles. The highest BCUT2D eigenvalue weighted by atomic mass is 32.2. The second-order valence-corrected chi connectivity index (χ2v) is 6.46. The lowest BCUT2D eigenvalue weighted by atomic mass is 10.1. The standard InChI is InChI=1S/C16H23N3O2S/c1-2-6-18-16(21)12-4-3-5-13(9-12)19-15(20)10-14-11-22-8-7-17-14/h3-5,9,14,17H,2,6-8,10-11H2,1H3,(H,18,21)(H,19,20). The monoisotopic (exact) mass is 321 g/mol. The molecule has 3 N–H and O–H groups in total. The summed E-state index contributed by atoms with van der Waals surface area (Å²) >= 11 is 1.87. The molecule has 2 amide bonds. The lowest BCUT2D eigenvalue weighted by Crippen LogP contribution is -2.39. The zero-order chi connectivity index (χ0) is 15.8. The topological polar surface area (TPSA) is 70.2 Å². The van der Waals surface area contributed by atoms with E-state index in [4.69, 9.17) is 0 Å². The van der Waals surface area contributed by atoms with E-state index < -0.39 is 0 Å². The van der Waals surface area contributed by atoms with E-state index in [0.29, 0.717) is 24.2 Å². The molecular weight excluding hydrogens is 298 g/mol. The van der Waals surface area contributed by atoms with Crippen LogP contribution in [0.3, 0.4) is 0 Å². The van der Waals surface area contributed by atoms with Crippen molar-refractivity contribution < 1.29 is 9.59 Å². The first-order chi connectivity index (χ1) is 10.7. The lowest BCUT2D eigenvalue weighted by Gasteiger charge is -2.22. The number of hydrogen-bond donors (Lipinski definition) is 3. The van der Waals surface area contributed by atoms with E-state index in [0.717, 1.165) is 24.5 Å². The van der Waals surface area contributed by atoms with Gasteiger partial charge in [0.15, 0.2) is 0 Å². The predicted octanol–water partition coefficient (Wildman–Crippen LogP) is 1.86. The third-order valence-electron chi connectivity index (χ3n) is 3.37. The van der Waals surface area contributed by atoms with Crippen LogP contribution in [-0.2, 0) is 4.79 Å². The third-order valence-corrected chi connectivity index (χ3v) is 4.51. The van der Waals surface area contributed by atoms with Crippen LogP contribution in [0.15, 0.2) is 24.3 Å².